The van der Waals surface area contributed by atoms with Crippen molar-refractivity contribution < 1.29 is 4.92 Å². The van der Waals surface area contributed by atoms with Crippen molar-refractivity contribution in [2.45, 2.75) is 25.7 Å². The molecule has 0 bridgehead atoms. The van der Waals surface area contributed by atoms with Crippen molar-refractivity contribution in [3.05, 3.63) is 52.1 Å². The van der Waals surface area contributed by atoms with Gasteiger partial charge in [0.15, 0.2) is 0 Å². The molecule has 84 valence electrons. The molecule has 0 aromatic heterocycles. The molecule has 1 aromatic carbocycles. The van der Waals surface area contributed by atoms with Crippen LogP contribution in [0.4, 0.5) is 0 Å². The molecule has 3 nitrogen and oxygen atoms in total. The predicted molar refractivity (Wildman–Crippen MR) is 63.4 cm³/mol. The fourth-order valence-electron chi connectivity index (χ4n) is 2.22. The summed E-state index contributed by atoms with van der Waals surface area (Å²) in [5.41, 5.74) is 0.965. The largest absolute Gasteiger partial charge is 0.272 e. The van der Waals surface area contributed by atoms with Gasteiger partial charge < -0.3 is 0 Å². The molecule has 1 aromatic rings. The summed E-state index contributed by atoms with van der Waals surface area (Å²) in [6.45, 7) is 0. The van der Waals surface area contributed by atoms with Crippen LogP contribution in [-0.4, -0.2) is 4.92 Å². The summed E-state index contributed by atoms with van der Waals surface area (Å²) < 4.78 is 0. The highest BCUT2D eigenvalue weighted by Gasteiger charge is 2.19. The van der Waals surface area contributed by atoms with E-state index < -0.39 is 0 Å². The number of hydrogen-bond donors (Lipinski definition) is 0. The van der Waals surface area contributed by atoms with E-state index in [9.17, 15) is 10.1 Å². The van der Waals surface area contributed by atoms with Crippen molar-refractivity contribution in [1.29, 1.82) is 0 Å². The van der Waals surface area contributed by atoms with Crippen LogP contribution in [0.1, 0.15) is 31.2 Å². The molecule has 1 saturated carbocycles. The number of benzene rings is 1. The minimum absolute atomic E-state index is 0.257. The van der Waals surface area contributed by atoms with Gasteiger partial charge in [0.05, 0.1) is 10.5 Å². The molecule has 0 unspecified atom stereocenters. The van der Waals surface area contributed by atoms with Gasteiger partial charge in [-0.05, 0) is 37.0 Å². The van der Waals surface area contributed by atoms with Gasteiger partial charge in [-0.1, -0.05) is 31.0 Å². The lowest BCUT2D eigenvalue weighted by molar-refractivity contribution is -0.375. The smallest absolute Gasteiger partial charge is 0.258 e. The first-order valence-corrected chi connectivity index (χ1v) is 5.69. The van der Waals surface area contributed by atoms with Gasteiger partial charge >= 0.3 is 0 Å². The standard InChI is InChI=1S/C13H15NO2/c15-14(16)13(10-11-6-4-5-7-11)12-8-2-1-3-9-12/h1-3,8-11H,4-7H2. The Morgan fingerprint density at radius 2 is 1.88 bits per heavy atom. The molecule has 0 atom stereocenters. The molecule has 3 heteroatoms. The van der Waals surface area contributed by atoms with Crippen LogP contribution in [0.5, 0.6) is 0 Å². The number of nitrogens with zero attached hydrogens (tertiary/aromatic N) is 1. The monoisotopic (exact) mass is 217 g/mol. The third-order valence-electron chi connectivity index (χ3n) is 3.06. The van der Waals surface area contributed by atoms with Crippen LogP contribution in [0.15, 0.2) is 36.4 Å². The van der Waals surface area contributed by atoms with Crippen molar-refractivity contribution in [2.24, 2.45) is 5.92 Å². The van der Waals surface area contributed by atoms with E-state index in [0.29, 0.717) is 11.5 Å². The quantitative estimate of drug-likeness (QED) is 0.574. The first-order valence-electron chi connectivity index (χ1n) is 5.69. The molecule has 0 aliphatic heterocycles. The van der Waals surface area contributed by atoms with Crippen molar-refractivity contribution in [3.63, 3.8) is 0 Å². The van der Waals surface area contributed by atoms with Gasteiger partial charge in [0.25, 0.3) is 5.70 Å². The molecule has 0 spiro atoms. The average molecular weight is 217 g/mol. The van der Waals surface area contributed by atoms with E-state index in [2.05, 4.69) is 0 Å². The Morgan fingerprint density at radius 1 is 1.25 bits per heavy atom. The number of hydrogen-bond acceptors (Lipinski definition) is 2. The van der Waals surface area contributed by atoms with Gasteiger partial charge in [-0.25, -0.2) is 0 Å². The summed E-state index contributed by atoms with van der Waals surface area (Å²) in [4.78, 5) is 10.8. The van der Waals surface area contributed by atoms with Crippen LogP contribution in [0.25, 0.3) is 5.70 Å². The van der Waals surface area contributed by atoms with E-state index in [1.54, 1.807) is 12.1 Å². The predicted octanol–water partition coefficient (Wildman–Crippen LogP) is 3.49. The summed E-state index contributed by atoms with van der Waals surface area (Å²) in [6.07, 6.45) is 6.40. The third kappa shape index (κ3) is 2.48. The second-order valence-corrected chi connectivity index (χ2v) is 4.22. The van der Waals surface area contributed by atoms with Crippen LogP contribution < -0.4 is 0 Å². The van der Waals surface area contributed by atoms with Crippen LogP contribution in [0, 0.1) is 16.0 Å². The van der Waals surface area contributed by atoms with Crippen molar-refractivity contribution >= 4 is 5.70 Å². The molecule has 1 fully saturated rings. The van der Waals surface area contributed by atoms with E-state index in [0.717, 1.165) is 12.8 Å². The number of rotatable bonds is 3. The Balaban J connectivity index is 2.26. The van der Waals surface area contributed by atoms with E-state index >= 15 is 0 Å². The highest BCUT2D eigenvalue weighted by Crippen LogP contribution is 2.29. The Labute approximate surface area is 94.9 Å². The topological polar surface area (TPSA) is 43.1 Å². The number of nitro groups is 1. The van der Waals surface area contributed by atoms with Crippen LogP contribution in [0.2, 0.25) is 0 Å². The van der Waals surface area contributed by atoms with Gasteiger partial charge in [0, 0.05) is 0 Å². The van der Waals surface area contributed by atoms with Crippen LogP contribution >= 0.6 is 0 Å². The van der Waals surface area contributed by atoms with E-state index in [-0.39, 0.29) is 10.6 Å². The molecule has 0 saturated heterocycles. The first-order chi connectivity index (χ1) is 7.77. The Bertz CT molecular complexity index is 392. The third-order valence-corrected chi connectivity index (χ3v) is 3.06. The van der Waals surface area contributed by atoms with Gasteiger partial charge in [0.2, 0.25) is 0 Å². The Hall–Kier alpha value is -1.64. The summed E-state index contributed by atoms with van der Waals surface area (Å²) in [6, 6.07) is 9.13. The summed E-state index contributed by atoms with van der Waals surface area (Å²) in [7, 11) is 0. The summed E-state index contributed by atoms with van der Waals surface area (Å²) >= 11 is 0. The van der Waals surface area contributed by atoms with E-state index in [4.69, 9.17) is 0 Å². The fraction of sp³-hybridized carbons (Fsp3) is 0.385. The van der Waals surface area contributed by atoms with Crippen LogP contribution in [0.3, 0.4) is 0 Å². The lowest BCUT2D eigenvalue weighted by Gasteiger charge is -2.03. The van der Waals surface area contributed by atoms with Gasteiger partial charge in [-0.15, -0.1) is 0 Å². The molecule has 1 aliphatic rings. The molecule has 16 heavy (non-hydrogen) atoms. The fourth-order valence-corrected chi connectivity index (χ4v) is 2.22. The second kappa shape index (κ2) is 4.92. The minimum atomic E-state index is -0.270. The molecule has 0 radical (unpaired) electrons. The number of allylic oxidation sites excluding steroid dienone is 1. The summed E-state index contributed by atoms with van der Waals surface area (Å²) in [5, 5.41) is 11.0. The minimum Gasteiger partial charge on any atom is -0.258 e. The molecule has 0 amide bonds. The highest BCUT2D eigenvalue weighted by atomic mass is 16.6. The maximum atomic E-state index is 11.0. The zero-order valence-corrected chi connectivity index (χ0v) is 9.13. The van der Waals surface area contributed by atoms with Crippen molar-refractivity contribution in [1.82, 2.24) is 0 Å². The van der Waals surface area contributed by atoms with E-state index in [1.165, 1.54) is 12.8 Å². The average Bonchev–Trinajstić information content (AvgIpc) is 2.79. The zero-order valence-electron chi connectivity index (χ0n) is 9.13. The maximum Gasteiger partial charge on any atom is 0.272 e. The van der Waals surface area contributed by atoms with Crippen molar-refractivity contribution in [2.75, 3.05) is 0 Å². The molecule has 0 N–H and O–H groups in total. The van der Waals surface area contributed by atoms with E-state index in [1.807, 2.05) is 24.3 Å². The molecule has 0 heterocycles. The lowest BCUT2D eigenvalue weighted by atomic mass is 10.0. The highest BCUT2D eigenvalue weighted by molar-refractivity contribution is 5.58. The maximum absolute atomic E-state index is 11.0. The van der Waals surface area contributed by atoms with Crippen molar-refractivity contribution in [3.8, 4) is 0 Å². The molecule has 2 rings (SSSR count). The van der Waals surface area contributed by atoms with Gasteiger partial charge in [-0.3, -0.25) is 10.1 Å². The SMILES string of the molecule is O=[N+]([O-])C(=CC1CCCC1)c1ccccc1. The molecular weight excluding hydrogens is 202 g/mol. The zero-order chi connectivity index (χ0) is 11.4. The second-order valence-electron chi connectivity index (χ2n) is 4.22. The Morgan fingerprint density at radius 3 is 2.44 bits per heavy atom. The van der Waals surface area contributed by atoms with Gasteiger partial charge in [-0.2, -0.15) is 0 Å². The van der Waals surface area contributed by atoms with Gasteiger partial charge in [0.1, 0.15) is 0 Å². The van der Waals surface area contributed by atoms with Crippen LogP contribution in [-0.2, 0) is 0 Å². The summed E-state index contributed by atoms with van der Waals surface area (Å²) in [5.74, 6) is 0.389. The first kappa shape index (κ1) is 10.9. The normalized spacial score (nSPS) is 17.6. The molecular formula is C13H15NO2. The lowest BCUT2D eigenvalue weighted by Crippen LogP contribution is -2.00. The Kier molecular flexibility index (Phi) is 3.34. The molecule has 1 aliphatic carbocycles.